The topological polar surface area (TPSA) is 52.2 Å². The van der Waals surface area contributed by atoms with Gasteiger partial charge in [0.1, 0.15) is 0 Å². The Kier molecular flexibility index (Phi) is 3.10. The molecule has 0 radical (unpaired) electrons. The number of carboxylic acids is 1. The van der Waals surface area contributed by atoms with Crippen molar-refractivity contribution in [1.82, 2.24) is 0 Å². The maximum absolute atomic E-state index is 10.1. The number of para-hydroxylation sites is 1. The van der Waals surface area contributed by atoms with E-state index < -0.39 is 5.97 Å². The molecule has 4 heteroatoms. The lowest BCUT2D eigenvalue weighted by molar-refractivity contribution is -0.302. The van der Waals surface area contributed by atoms with Crippen molar-refractivity contribution in [2.45, 2.75) is 0 Å². The number of hydrogen-bond acceptors (Lipinski definition) is 3. The van der Waals surface area contributed by atoms with Gasteiger partial charge >= 0.3 is 0 Å². The number of benzene rings is 1. The average molecular weight is 229 g/mol. The van der Waals surface area contributed by atoms with Crippen LogP contribution in [0, 0.1) is 0 Å². The molecule has 1 aromatic carbocycles. The van der Waals surface area contributed by atoms with E-state index in [1.165, 1.54) is 0 Å². The zero-order chi connectivity index (χ0) is 8.97. The smallest absolute Gasteiger partial charge is 0.0605 e. The maximum Gasteiger partial charge on any atom is 0.0605 e. The van der Waals surface area contributed by atoms with Gasteiger partial charge in [-0.1, -0.05) is 12.1 Å². The van der Waals surface area contributed by atoms with E-state index in [-0.39, 0.29) is 6.54 Å². The molecule has 0 aromatic heterocycles. The summed E-state index contributed by atoms with van der Waals surface area (Å²) in [5, 5.41) is 12.8. The lowest BCUT2D eigenvalue weighted by atomic mass is 10.3. The molecule has 1 N–H and O–H groups in total. The van der Waals surface area contributed by atoms with Crippen LogP contribution in [0.4, 0.5) is 5.69 Å². The highest BCUT2D eigenvalue weighted by molar-refractivity contribution is 9.10. The Bertz CT molecular complexity index is 288. The highest BCUT2D eigenvalue weighted by Gasteiger charge is 1.95. The van der Waals surface area contributed by atoms with E-state index in [1.807, 2.05) is 18.2 Å². The molecule has 0 saturated heterocycles. The maximum atomic E-state index is 10.1. The van der Waals surface area contributed by atoms with E-state index in [0.717, 1.165) is 10.2 Å². The van der Waals surface area contributed by atoms with Crippen molar-refractivity contribution >= 4 is 27.6 Å². The van der Waals surface area contributed by atoms with Gasteiger partial charge in [-0.25, -0.2) is 0 Å². The molecule has 0 spiro atoms. The van der Waals surface area contributed by atoms with Crippen LogP contribution in [-0.2, 0) is 4.79 Å². The number of carbonyl (C=O) groups excluding carboxylic acids is 1. The largest absolute Gasteiger partial charge is 0.548 e. The Morgan fingerprint density at radius 2 is 2.17 bits per heavy atom. The molecule has 0 aliphatic heterocycles. The van der Waals surface area contributed by atoms with Gasteiger partial charge < -0.3 is 15.2 Å². The molecule has 0 fully saturated rings. The minimum Gasteiger partial charge on any atom is -0.548 e. The van der Waals surface area contributed by atoms with Crippen LogP contribution in [0.5, 0.6) is 0 Å². The summed E-state index contributed by atoms with van der Waals surface area (Å²) < 4.78 is 0.839. The SMILES string of the molecule is O=C([O-])CNc1ccccc1Br. The Balaban J connectivity index is 2.63. The van der Waals surface area contributed by atoms with E-state index >= 15 is 0 Å². The van der Waals surface area contributed by atoms with Gasteiger partial charge in [0.05, 0.1) is 12.5 Å². The molecule has 0 amide bonds. The number of rotatable bonds is 3. The fourth-order valence-electron chi connectivity index (χ4n) is 0.772. The van der Waals surface area contributed by atoms with Gasteiger partial charge in [-0.3, -0.25) is 0 Å². The number of carboxylic acid groups (broad SMARTS) is 1. The second kappa shape index (κ2) is 4.11. The minimum absolute atomic E-state index is 0.178. The molecule has 0 heterocycles. The Morgan fingerprint density at radius 3 is 2.75 bits per heavy atom. The second-order valence-electron chi connectivity index (χ2n) is 2.21. The minimum atomic E-state index is -1.12. The van der Waals surface area contributed by atoms with Crippen LogP contribution >= 0.6 is 15.9 Å². The molecule has 1 aromatic rings. The van der Waals surface area contributed by atoms with Gasteiger partial charge in [-0.15, -0.1) is 0 Å². The van der Waals surface area contributed by atoms with E-state index in [0.29, 0.717) is 0 Å². The molecular weight excluding hydrogens is 222 g/mol. The fourth-order valence-corrected chi connectivity index (χ4v) is 1.20. The molecule has 1 rings (SSSR count). The zero-order valence-electron chi connectivity index (χ0n) is 6.21. The summed E-state index contributed by atoms with van der Waals surface area (Å²) >= 11 is 3.27. The van der Waals surface area contributed by atoms with Crippen LogP contribution in [0.1, 0.15) is 0 Å². The highest BCUT2D eigenvalue weighted by atomic mass is 79.9. The summed E-state index contributed by atoms with van der Waals surface area (Å²) in [6, 6.07) is 7.29. The number of anilines is 1. The van der Waals surface area contributed by atoms with E-state index in [9.17, 15) is 9.90 Å². The molecule has 3 nitrogen and oxygen atoms in total. The van der Waals surface area contributed by atoms with Gasteiger partial charge in [0, 0.05) is 10.2 Å². The predicted molar refractivity (Wildman–Crippen MR) is 47.6 cm³/mol. The van der Waals surface area contributed by atoms with E-state index in [2.05, 4.69) is 21.2 Å². The first-order valence-electron chi connectivity index (χ1n) is 3.38. The predicted octanol–water partition coefficient (Wildman–Crippen LogP) is 0.611. The molecular formula is C8H7BrNO2-. The molecule has 64 valence electrons. The molecule has 0 aliphatic rings. The lowest BCUT2D eigenvalue weighted by Crippen LogP contribution is -2.30. The zero-order valence-corrected chi connectivity index (χ0v) is 7.80. The number of halogens is 1. The number of carbonyl (C=O) groups is 1. The summed E-state index contributed by atoms with van der Waals surface area (Å²) in [6.45, 7) is -0.178. The third-order valence-corrected chi connectivity index (χ3v) is 1.99. The molecule has 0 atom stereocenters. The highest BCUT2D eigenvalue weighted by Crippen LogP contribution is 2.20. The van der Waals surface area contributed by atoms with Gasteiger partial charge in [0.25, 0.3) is 0 Å². The van der Waals surface area contributed by atoms with Crippen LogP contribution < -0.4 is 10.4 Å². The molecule has 0 aliphatic carbocycles. The normalized spacial score (nSPS) is 9.42. The van der Waals surface area contributed by atoms with Crippen molar-refractivity contribution in [3.63, 3.8) is 0 Å². The Hall–Kier alpha value is -1.03. The van der Waals surface area contributed by atoms with Crippen LogP contribution in [0.25, 0.3) is 0 Å². The van der Waals surface area contributed by atoms with Crippen molar-refractivity contribution in [1.29, 1.82) is 0 Å². The van der Waals surface area contributed by atoms with Gasteiger partial charge in [0.2, 0.25) is 0 Å². The van der Waals surface area contributed by atoms with Crippen molar-refractivity contribution in [3.8, 4) is 0 Å². The Labute approximate surface area is 78.5 Å². The summed E-state index contributed by atoms with van der Waals surface area (Å²) in [7, 11) is 0. The number of nitrogens with one attached hydrogen (secondary N) is 1. The summed E-state index contributed by atoms with van der Waals surface area (Å²) in [6.07, 6.45) is 0. The van der Waals surface area contributed by atoms with Crippen LogP contribution in [-0.4, -0.2) is 12.5 Å². The summed E-state index contributed by atoms with van der Waals surface area (Å²) in [5.74, 6) is -1.12. The third-order valence-electron chi connectivity index (χ3n) is 1.30. The standard InChI is InChI=1S/C8H8BrNO2/c9-6-3-1-2-4-7(6)10-5-8(11)12/h1-4,10H,5H2,(H,11,12)/p-1. The molecule has 0 bridgehead atoms. The fraction of sp³-hybridized carbons (Fsp3) is 0.125. The van der Waals surface area contributed by atoms with Crippen LogP contribution in [0.2, 0.25) is 0 Å². The third kappa shape index (κ3) is 2.54. The number of hydrogen-bond donors (Lipinski definition) is 1. The first-order chi connectivity index (χ1) is 5.70. The summed E-state index contributed by atoms with van der Waals surface area (Å²) in [4.78, 5) is 10.1. The van der Waals surface area contributed by atoms with Crippen molar-refractivity contribution < 1.29 is 9.90 Å². The first kappa shape index (κ1) is 9.06. The van der Waals surface area contributed by atoms with Crippen LogP contribution in [0.15, 0.2) is 28.7 Å². The van der Waals surface area contributed by atoms with Gasteiger partial charge in [-0.2, -0.15) is 0 Å². The van der Waals surface area contributed by atoms with Gasteiger partial charge in [0.15, 0.2) is 0 Å². The average Bonchev–Trinajstić information content (AvgIpc) is 2.03. The van der Waals surface area contributed by atoms with Crippen molar-refractivity contribution in [2.24, 2.45) is 0 Å². The monoisotopic (exact) mass is 228 g/mol. The lowest BCUT2D eigenvalue weighted by Gasteiger charge is -2.07. The quantitative estimate of drug-likeness (QED) is 0.826. The van der Waals surface area contributed by atoms with E-state index in [1.54, 1.807) is 6.07 Å². The summed E-state index contributed by atoms with van der Waals surface area (Å²) in [5.41, 5.74) is 0.752. The molecule has 12 heavy (non-hydrogen) atoms. The van der Waals surface area contributed by atoms with Crippen molar-refractivity contribution in [3.05, 3.63) is 28.7 Å². The van der Waals surface area contributed by atoms with Gasteiger partial charge in [-0.05, 0) is 28.1 Å². The first-order valence-corrected chi connectivity index (χ1v) is 4.17. The van der Waals surface area contributed by atoms with E-state index in [4.69, 9.17) is 0 Å². The number of aliphatic carboxylic acids is 1. The van der Waals surface area contributed by atoms with Crippen molar-refractivity contribution in [2.75, 3.05) is 11.9 Å². The Morgan fingerprint density at radius 1 is 1.50 bits per heavy atom. The van der Waals surface area contributed by atoms with Crippen LogP contribution in [0.3, 0.4) is 0 Å². The molecule has 0 saturated carbocycles. The second-order valence-corrected chi connectivity index (χ2v) is 3.06. The molecule has 0 unspecified atom stereocenters.